The van der Waals surface area contributed by atoms with Gasteiger partial charge in [0.15, 0.2) is 0 Å². The lowest BCUT2D eigenvalue weighted by molar-refractivity contribution is -0.203. The van der Waals surface area contributed by atoms with Crippen LogP contribution in [0.4, 0.5) is 5.95 Å². The molecular weight excluding hydrogens is 514 g/mol. The number of aromatic amines is 1. The molecule has 11 atom stereocenters. The van der Waals surface area contributed by atoms with Crippen molar-refractivity contribution in [1.82, 2.24) is 19.5 Å². The Balaban J connectivity index is 1.28. The van der Waals surface area contributed by atoms with Crippen LogP contribution in [0.25, 0.3) is 0 Å². The second-order valence-corrected chi connectivity index (χ2v) is 16.0. The second-order valence-electron chi connectivity index (χ2n) is 14.1. The van der Waals surface area contributed by atoms with E-state index in [0.717, 1.165) is 42.8 Å². The van der Waals surface area contributed by atoms with Crippen LogP contribution in [0, 0.1) is 52.3 Å². The molecule has 4 saturated carbocycles. The number of H-pyrrole nitrogens is 1. The Morgan fingerprint density at radius 2 is 1.77 bits per heavy atom. The van der Waals surface area contributed by atoms with Gasteiger partial charge in [-0.05, 0) is 104 Å². The van der Waals surface area contributed by atoms with Crippen molar-refractivity contribution in [1.29, 1.82) is 0 Å². The van der Waals surface area contributed by atoms with Crippen molar-refractivity contribution in [2.45, 2.75) is 104 Å². The highest BCUT2D eigenvalue weighted by atomic mass is 32.2. The molecule has 1 heterocycles. The molecule has 0 saturated heterocycles. The Bertz CT molecular complexity index is 1130. The number of nitrogens with zero attached hydrogens (tertiary/aromatic N) is 3. The first-order chi connectivity index (χ1) is 18.3. The van der Waals surface area contributed by atoms with Crippen molar-refractivity contribution in [2.75, 3.05) is 18.8 Å². The molecule has 0 radical (unpaired) electrons. The van der Waals surface area contributed by atoms with E-state index in [0.29, 0.717) is 41.3 Å². The maximum atomic E-state index is 12.1. The number of rotatable bonds is 8. The van der Waals surface area contributed by atoms with Gasteiger partial charge in [0.05, 0.1) is 12.2 Å². The average molecular weight is 566 g/mol. The van der Waals surface area contributed by atoms with Gasteiger partial charge in [-0.3, -0.25) is 5.10 Å². The third-order valence-electron chi connectivity index (χ3n) is 12.2. The Labute approximate surface area is 235 Å². The molecule has 9 nitrogen and oxygen atoms in total. The third kappa shape index (κ3) is 4.95. The number of hydrogen-bond donors (Lipinski definition) is 4. The molecule has 4 N–H and O–H groups in total. The Hall–Kier alpha value is -1.23. The number of fused-ring (bicyclic) bond motifs is 5. The zero-order valence-electron chi connectivity index (χ0n) is 24.7. The topological polar surface area (TPSA) is 131 Å². The van der Waals surface area contributed by atoms with E-state index in [4.69, 9.17) is 0 Å². The molecule has 1 aromatic heterocycles. The van der Waals surface area contributed by atoms with E-state index in [1.807, 2.05) is 0 Å². The lowest BCUT2D eigenvalue weighted by Gasteiger charge is -2.64. The monoisotopic (exact) mass is 565 g/mol. The minimum atomic E-state index is -3.63. The van der Waals surface area contributed by atoms with Gasteiger partial charge in [0.2, 0.25) is 0 Å². The quantitative estimate of drug-likeness (QED) is 0.373. The van der Waals surface area contributed by atoms with Gasteiger partial charge in [0, 0.05) is 20.5 Å². The number of aliphatic hydroxyl groups is 2. The molecule has 0 amide bonds. The summed E-state index contributed by atoms with van der Waals surface area (Å²) in [6.07, 6.45) is 9.89. The van der Waals surface area contributed by atoms with E-state index in [1.165, 1.54) is 39.8 Å². The predicted octanol–water partition coefficient (Wildman–Crippen LogP) is 4.22. The zero-order chi connectivity index (χ0) is 28.3. The Kier molecular flexibility index (Phi) is 7.92. The van der Waals surface area contributed by atoms with Crippen LogP contribution >= 0.6 is 0 Å². The summed E-state index contributed by atoms with van der Waals surface area (Å²) < 4.78 is 27.7. The maximum Gasteiger partial charge on any atom is 0.303 e. The molecule has 0 unspecified atom stereocenters. The lowest BCUT2D eigenvalue weighted by Crippen LogP contribution is -2.62. The van der Waals surface area contributed by atoms with Gasteiger partial charge in [0.1, 0.15) is 5.82 Å². The van der Waals surface area contributed by atoms with E-state index >= 15 is 0 Å². The molecule has 5 rings (SSSR count). The molecule has 4 aliphatic rings. The number of aryl methyl sites for hydroxylation is 1. The van der Waals surface area contributed by atoms with Crippen LogP contribution in [-0.4, -0.2) is 64.4 Å². The van der Waals surface area contributed by atoms with Crippen LogP contribution in [0.1, 0.15) is 91.3 Å². The molecule has 0 bridgehead atoms. The number of aromatic nitrogens is 3. The van der Waals surface area contributed by atoms with Crippen molar-refractivity contribution in [2.24, 2.45) is 52.3 Å². The van der Waals surface area contributed by atoms with Crippen LogP contribution in [0.5, 0.6) is 0 Å². The maximum absolute atomic E-state index is 12.1. The molecule has 4 fully saturated rings. The van der Waals surface area contributed by atoms with Gasteiger partial charge >= 0.3 is 10.2 Å². The molecule has 4 aliphatic carbocycles. The van der Waals surface area contributed by atoms with E-state index in [1.54, 1.807) is 0 Å². The van der Waals surface area contributed by atoms with Gasteiger partial charge in [0.25, 0.3) is 5.95 Å². The highest BCUT2D eigenvalue weighted by molar-refractivity contribution is 7.90. The molecule has 39 heavy (non-hydrogen) atoms. The summed E-state index contributed by atoms with van der Waals surface area (Å²) in [4.78, 5) is 4.37. The molecular formula is C29H51N5O4S. The largest absolute Gasteiger partial charge is 0.393 e. The molecule has 222 valence electrons. The third-order valence-corrected chi connectivity index (χ3v) is 13.6. The first kappa shape index (κ1) is 29.3. The van der Waals surface area contributed by atoms with Gasteiger partial charge in [-0.2, -0.15) is 17.7 Å². The highest BCUT2D eigenvalue weighted by Crippen LogP contribution is 2.69. The van der Waals surface area contributed by atoms with E-state index in [-0.39, 0.29) is 34.9 Å². The summed E-state index contributed by atoms with van der Waals surface area (Å²) in [5.41, 5.74) is 0.456. The normalized spacial score (nSPS) is 43.0. The SMILES string of the molecule is CC[C@H]1[C@@H](O)[C@@H]2[C@H](CC[C@]3(C)[C@@H]([C@H](C)CCc4nc(NS(=O)(=O)N(C)C)n[nH]4)CC[C@@H]23)[C@@]2(C)CC[C@@H](O)C[C@@H]12. The molecule has 0 spiro atoms. The fraction of sp³-hybridized carbons (Fsp3) is 0.931. The summed E-state index contributed by atoms with van der Waals surface area (Å²) >= 11 is 0. The lowest BCUT2D eigenvalue weighted by atomic mass is 9.41. The minimum Gasteiger partial charge on any atom is -0.393 e. The molecule has 10 heteroatoms. The smallest absolute Gasteiger partial charge is 0.303 e. The highest BCUT2D eigenvalue weighted by Gasteiger charge is 2.64. The second kappa shape index (κ2) is 10.6. The summed E-state index contributed by atoms with van der Waals surface area (Å²) in [6.45, 7) is 9.61. The summed E-state index contributed by atoms with van der Waals surface area (Å²) in [5, 5.41) is 29.4. The van der Waals surface area contributed by atoms with Gasteiger partial charge in [-0.25, -0.2) is 4.72 Å². The molecule has 0 aromatic carbocycles. The van der Waals surface area contributed by atoms with Crippen molar-refractivity contribution in [3.63, 3.8) is 0 Å². The predicted molar refractivity (Wildman–Crippen MR) is 152 cm³/mol. The van der Waals surface area contributed by atoms with Crippen molar-refractivity contribution in [3.8, 4) is 0 Å². The fourth-order valence-electron chi connectivity index (χ4n) is 10.2. The van der Waals surface area contributed by atoms with Crippen LogP contribution in [0.3, 0.4) is 0 Å². The number of nitrogens with one attached hydrogen (secondary N) is 2. The number of hydrogen-bond acceptors (Lipinski definition) is 6. The standard InChI is InChI=1S/C29H51N5O4S/c1-7-19-23-16-18(35)12-14-29(23,4)22-13-15-28(3)20(9-10-21(28)25(22)26(19)36)17(2)8-11-24-30-27(32-31-24)33-39(37,38)34(5)6/h17-23,25-26,35-36H,7-16H2,1-6H3,(H2,30,31,32,33)/t17-,18-,19-,20-,21+,22+,23+,25+,26-,28-,29-/m1/s1. The minimum absolute atomic E-state index is 0.0800. The van der Waals surface area contributed by atoms with Crippen molar-refractivity contribution in [3.05, 3.63) is 5.82 Å². The summed E-state index contributed by atoms with van der Waals surface area (Å²) in [6, 6.07) is 0. The Morgan fingerprint density at radius 1 is 1.08 bits per heavy atom. The average Bonchev–Trinajstić information content (AvgIpc) is 3.47. The van der Waals surface area contributed by atoms with Crippen LogP contribution in [0.2, 0.25) is 0 Å². The number of anilines is 1. The van der Waals surface area contributed by atoms with E-state index in [9.17, 15) is 18.6 Å². The first-order valence-corrected chi connectivity index (χ1v) is 16.7. The van der Waals surface area contributed by atoms with Crippen molar-refractivity contribution < 1.29 is 18.6 Å². The summed E-state index contributed by atoms with van der Waals surface area (Å²) in [5.74, 6) is 4.07. The van der Waals surface area contributed by atoms with Gasteiger partial charge < -0.3 is 10.2 Å². The first-order valence-electron chi connectivity index (χ1n) is 15.3. The van der Waals surface area contributed by atoms with E-state index in [2.05, 4.69) is 47.6 Å². The van der Waals surface area contributed by atoms with Crippen LogP contribution < -0.4 is 4.72 Å². The molecule has 1 aromatic rings. The van der Waals surface area contributed by atoms with Gasteiger partial charge in [-0.1, -0.05) is 34.1 Å². The zero-order valence-corrected chi connectivity index (χ0v) is 25.5. The molecule has 0 aliphatic heterocycles. The van der Waals surface area contributed by atoms with Crippen LogP contribution in [0.15, 0.2) is 0 Å². The van der Waals surface area contributed by atoms with Crippen molar-refractivity contribution >= 4 is 16.2 Å². The fourth-order valence-corrected chi connectivity index (χ4v) is 10.7. The van der Waals surface area contributed by atoms with Crippen LogP contribution in [-0.2, 0) is 16.6 Å². The van der Waals surface area contributed by atoms with Gasteiger partial charge in [-0.15, -0.1) is 5.10 Å². The number of aliphatic hydroxyl groups excluding tert-OH is 2. The summed E-state index contributed by atoms with van der Waals surface area (Å²) in [7, 11) is -0.702. The van der Waals surface area contributed by atoms with E-state index < -0.39 is 10.2 Å². The Morgan fingerprint density at radius 3 is 2.46 bits per heavy atom.